The Labute approximate surface area is 96.3 Å². The van der Waals surface area contributed by atoms with Crippen molar-refractivity contribution in [1.29, 1.82) is 0 Å². The number of nitrogens with one attached hydrogen (secondary N) is 1. The van der Waals surface area contributed by atoms with E-state index in [1.807, 2.05) is 13.1 Å². The first-order valence-electron chi connectivity index (χ1n) is 6.07. The van der Waals surface area contributed by atoms with Crippen LogP contribution in [0.4, 0.5) is 4.39 Å². The van der Waals surface area contributed by atoms with E-state index in [4.69, 9.17) is 0 Å². The zero-order chi connectivity index (χ0) is 11.4. The Kier molecular flexibility index (Phi) is 3.88. The highest BCUT2D eigenvalue weighted by Gasteiger charge is 2.27. The van der Waals surface area contributed by atoms with Crippen molar-refractivity contribution in [3.05, 3.63) is 29.8 Å². The van der Waals surface area contributed by atoms with Crippen molar-refractivity contribution >= 4 is 0 Å². The second-order valence-corrected chi connectivity index (χ2v) is 4.61. The molecule has 0 aromatic carbocycles. The van der Waals surface area contributed by atoms with E-state index in [1.54, 1.807) is 6.20 Å². The molecular formula is C13H19FN2. The first-order valence-corrected chi connectivity index (χ1v) is 6.07. The summed E-state index contributed by atoms with van der Waals surface area (Å²) in [5.74, 6) is 0.787. The highest BCUT2D eigenvalue weighted by Crippen LogP contribution is 2.38. The van der Waals surface area contributed by atoms with Crippen LogP contribution in [0.2, 0.25) is 0 Å². The Balaban J connectivity index is 2.19. The predicted octanol–water partition coefficient (Wildman–Crippen LogP) is 2.71. The van der Waals surface area contributed by atoms with E-state index in [-0.39, 0.29) is 5.82 Å². The van der Waals surface area contributed by atoms with Crippen LogP contribution in [0.5, 0.6) is 0 Å². The van der Waals surface area contributed by atoms with Crippen molar-refractivity contribution in [3.8, 4) is 0 Å². The van der Waals surface area contributed by atoms with E-state index in [0.29, 0.717) is 11.8 Å². The average Bonchev–Trinajstić information content (AvgIpc) is 2.31. The van der Waals surface area contributed by atoms with E-state index < -0.39 is 0 Å². The first-order chi connectivity index (χ1) is 7.83. The van der Waals surface area contributed by atoms with Crippen molar-refractivity contribution in [2.45, 2.75) is 31.6 Å². The van der Waals surface area contributed by atoms with E-state index >= 15 is 0 Å². The third-order valence-corrected chi connectivity index (χ3v) is 3.58. The van der Waals surface area contributed by atoms with Gasteiger partial charge in [-0.05, 0) is 49.9 Å². The van der Waals surface area contributed by atoms with Gasteiger partial charge in [0.15, 0.2) is 0 Å². The molecule has 2 nitrogen and oxygen atoms in total. The molecule has 0 spiro atoms. The number of rotatable bonds is 3. The Morgan fingerprint density at radius 1 is 1.44 bits per heavy atom. The van der Waals surface area contributed by atoms with E-state index in [1.165, 1.54) is 25.5 Å². The third-order valence-electron chi connectivity index (χ3n) is 3.58. The van der Waals surface area contributed by atoms with Crippen LogP contribution in [0, 0.1) is 11.7 Å². The number of aromatic nitrogens is 1. The number of hydrogen-bond donors (Lipinski definition) is 1. The largest absolute Gasteiger partial charge is 0.319 e. The SMILES string of the molecule is CNCC1CCCCC1c1ccncc1F. The minimum absolute atomic E-state index is 0.143. The zero-order valence-electron chi connectivity index (χ0n) is 9.75. The van der Waals surface area contributed by atoms with Gasteiger partial charge < -0.3 is 5.32 Å². The summed E-state index contributed by atoms with van der Waals surface area (Å²) in [7, 11) is 1.97. The number of nitrogens with zero attached hydrogens (tertiary/aromatic N) is 1. The molecule has 1 aliphatic carbocycles. The summed E-state index contributed by atoms with van der Waals surface area (Å²) in [4.78, 5) is 3.82. The van der Waals surface area contributed by atoms with Gasteiger partial charge in [0.05, 0.1) is 6.20 Å². The second-order valence-electron chi connectivity index (χ2n) is 4.61. The Bertz CT molecular complexity index is 338. The number of hydrogen-bond acceptors (Lipinski definition) is 2. The van der Waals surface area contributed by atoms with E-state index in [9.17, 15) is 4.39 Å². The summed E-state index contributed by atoms with van der Waals surface area (Å²) in [6.45, 7) is 0.979. The van der Waals surface area contributed by atoms with Gasteiger partial charge in [-0.1, -0.05) is 12.8 Å². The number of pyridine rings is 1. The quantitative estimate of drug-likeness (QED) is 0.850. The molecule has 3 heteroatoms. The molecule has 88 valence electrons. The molecule has 0 bridgehead atoms. The lowest BCUT2D eigenvalue weighted by molar-refractivity contribution is 0.295. The second kappa shape index (κ2) is 5.39. The average molecular weight is 222 g/mol. The lowest BCUT2D eigenvalue weighted by Gasteiger charge is -2.31. The van der Waals surface area contributed by atoms with Crippen LogP contribution in [0.25, 0.3) is 0 Å². The van der Waals surface area contributed by atoms with Crippen molar-refractivity contribution in [2.75, 3.05) is 13.6 Å². The molecular weight excluding hydrogens is 203 g/mol. The normalized spacial score (nSPS) is 25.6. The Morgan fingerprint density at radius 2 is 2.25 bits per heavy atom. The summed E-state index contributed by atoms with van der Waals surface area (Å²) in [5.41, 5.74) is 0.856. The molecule has 2 rings (SSSR count). The van der Waals surface area contributed by atoms with Crippen LogP contribution in [0.1, 0.15) is 37.2 Å². The standard InChI is InChI=1S/C13H19FN2/c1-15-8-10-4-2-3-5-11(10)12-6-7-16-9-13(12)14/h6-7,9-11,15H,2-5,8H2,1H3. The molecule has 1 saturated carbocycles. The molecule has 0 aliphatic heterocycles. The van der Waals surface area contributed by atoms with Crippen LogP contribution in [0.15, 0.2) is 18.5 Å². The van der Waals surface area contributed by atoms with Crippen molar-refractivity contribution < 1.29 is 4.39 Å². The van der Waals surface area contributed by atoms with Gasteiger partial charge in [0.25, 0.3) is 0 Å². The summed E-state index contributed by atoms with van der Waals surface area (Å²) in [5, 5.41) is 3.22. The molecule has 2 atom stereocenters. The fourth-order valence-corrected chi connectivity index (χ4v) is 2.81. The van der Waals surface area contributed by atoms with Crippen molar-refractivity contribution in [3.63, 3.8) is 0 Å². The molecule has 1 aromatic heterocycles. The van der Waals surface area contributed by atoms with E-state index in [0.717, 1.165) is 18.5 Å². The van der Waals surface area contributed by atoms with Crippen molar-refractivity contribution in [2.24, 2.45) is 5.92 Å². The summed E-state index contributed by atoms with van der Waals surface area (Å²) < 4.78 is 13.7. The smallest absolute Gasteiger partial charge is 0.144 e. The molecule has 2 unspecified atom stereocenters. The van der Waals surface area contributed by atoms with Gasteiger partial charge in [0.2, 0.25) is 0 Å². The molecule has 1 N–H and O–H groups in total. The molecule has 1 fully saturated rings. The van der Waals surface area contributed by atoms with Gasteiger partial charge >= 0.3 is 0 Å². The highest BCUT2D eigenvalue weighted by atomic mass is 19.1. The van der Waals surface area contributed by atoms with Gasteiger partial charge in [0, 0.05) is 6.20 Å². The Hall–Kier alpha value is -0.960. The zero-order valence-corrected chi connectivity index (χ0v) is 9.75. The van der Waals surface area contributed by atoms with Gasteiger partial charge in [-0.15, -0.1) is 0 Å². The fraction of sp³-hybridized carbons (Fsp3) is 0.615. The van der Waals surface area contributed by atoms with E-state index in [2.05, 4.69) is 10.3 Å². The Morgan fingerprint density at radius 3 is 3.00 bits per heavy atom. The predicted molar refractivity (Wildman–Crippen MR) is 62.8 cm³/mol. The van der Waals surface area contributed by atoms with Crippen LogP contribution >= 0.6 is 0 Å². The molecule has 1 heterocycles. The monoisotopic (exact) mass is 222 g/mol. The minimum atomic E-state index is -0.143. The number of halogens is 1. The van der Waals surface area contributed by atoms with Crippen LogP contribution in [-0.4, -0.2) is 18.6 Å². The summed E-state index contributed by atoms with van der Waals surface area (Å²) >= 11 is 0. The third kappa shape index (κ3) is 2.40. The summed E-state index contributed by atoms with van der Waals surface area (Å²) in [6, 6.07) is 1.84. The molecule has 0 radical (unpaired) electrons. The minimum Gasteiger partial charge on any atom is -0.319 e. The van der Waals surface area contributed by atoms with Crippen LogP contribution in [0.3, 0.4) is 0 Å². The van der Waals surface area contributed by atoms with Gasteiger partial charge in [0.1, 0.15) is 5.82 Å². The molecule has 1 aliphatic rings. The molecule has 0 saturated heterocycles. The van der Waals surface area contributed by atoms with Crippen LogP contribution in [-0.2, 0) is 0 Å². The highest BCUT2D eigenvalue weighted by molar-refractivity contribution is 5.19. The molecule has 16 heavy (non-hydrogen) atoms. The lowest BCUT2D eigenvalue weighted by atomic mass is 9.75. The molecule has 0 amide bonds. The maximum Gasteiger partial charge on any atom is 0.144 e. The van der Waals surface area contributed by atoms with Crippen molar-refractivity contribution in [1.82, 2.24) is 10.3 Å². The molecule has 1 aromatic rings. The van der Waals surface area contributed by atoms with Gasteiger partial charge in [-0.2, -0.15) is 0 Å². The topological polar surface area (TPSA) is 24.9 Å². The van der Waals surface area contributed by atoms with Gasteiger partial charge in [-0.3, -0.25) is 4.98 Å². The summed E-state index contributed by atoms with van der Waals surface area (Å²) in [6.07, 6.45) is 7.83. The fourth-order valence-electron chi connectivity index (χ4n) is 2.81. The van der Waals surface area contributed by atoms with Crippen LogP contribution < -0.4 is 5.32 Å². The maximum atomic E-state index is 13.7. The first kappa shape index (κ1) is 11.5. The van der Waals surface area contributed by atoms with Gasteiger partial charge in [-0.25, -0.2) is 4.39 Å². The maximum absolute atomic E-state index is 13.7. The lowest BCUT2D eigenvalue weighted by Crippen LogP contribution is -2.28.